The van der Waals surface area contributed by atoms with E-state index in [1.54, 1.807) is 7.11 Å². The Kier molecular flexibility index (Phi) is 4.88. The van der Waals surface area contributed by atoms with Crippen molar-refractivity contribution in [2.75, 3.05) is 26.9 Å². The smallest absolute Gasteiger partial charge is 0.246 e. The number of fused-ring (bicyclic) bond motifs is 1. The van der Waals surface area contributed by atoms with E-state index in [-0.39, 0.29) is 12.5 Å². The minimum atomic E-state index is -0.170. The topological polar surface area (TPSA) is 76.2 Å². The number of carbonyl (C=O) groups is 1. The number of carbonyl (C=O) groups excluding carboxylic acids is 1. The molecule has 6 heteroatoms. The van der Waals surface area contributed by atoms with E-state index in [0.717, 1.165) is 16.9 Å². The molecule has 0 saturated carbocycles. The molecule has 0 fully saturated rings. The van der Waals surface area contributed by atoms with Crippen molar-refractivity contribution in [2.24, 2.45) is 0 Å². The summed E-state index contributed by atoms with van der Waals surface area (Å²) in [7, 11) is 1.59. The second kappa shape index (κ2) is 6.86. The lowest BCUT2D eigenvalue weighted by Gasteiger charge is -2.04. The highest BCUT2D eigenvalue weighted by atomic mass is 16.5. The molecule has 6 nitrogen and oxygen atoms in total. The molecular weight excluding hydrogens is 246 g/mol. The average Bonchev–Trinajstić information content (AvgIpc) is 2.84. The van der Waals surface area contributed by atoms with E-state index in [1.165, 1.54) is 0 Å². The molecule has 2 rings (SSSR count). The van der Waals surface area contributed by atoms with Crippen LogP contribution in [-0.2, 0) is 20.8 Å². The van der Waals surface area contributed by atoms with Gasteiger partial charge in [-0.25, -0.2) is 4.98 Å². The Morgan fingerprint density at radius 3 is 3.00 bits per heavy atom. The van der Waals surface area contributed by atoms with Crippen molar-refractivity contribution in [1.29, 1.82) is 0 Å². The van der Waals surface area contributed by atoms with Crippen molar-refractivity contribution in [3.05, 3.63) is 30.1 Å². The Balaban J connectivity index is 1.77. The van der Waals surface area contributed by atoms with Crippen LogP contribution in [0.3, 0.4) is 0 Å². The van der Waals surface area contributed by atoms with Crippen molar-refractivity contribution >= 4 is 16.9 Å². The van der Waals surface area contributed by atoms with Gasteiger partial charge in [-0.2, -0.15) is 0 Å². The molecule has 1 aromatic heterocycles. The fourth-order valence-electron chi connectivity index (χ4n) is 1.63. The van der Waals surface area contributed by atoms with Gasteiger partial charge in [-0.15, -0.1) is 0 Å². The van der Waals surface area contributed by atoms with Gasteiger partial charge in [-0.05, 0) is 12.1 Å². The van der Waals surface area contributed by atoms with E-state index in [1.807, 2.05) is 24.3 Å². The summed E-state index contributed by atoms with van der Waals surface area (Å²) in [4.78, 5) is 19.0. The standard InChI is InChI=1S/C13H17N3O3/c1-18-6-7-19-9-13(17)14-8-12-15-10-4-2-3-5-11(10)16-12/h2-5H,6-9H2,1H3,(H,14,17)(H,15,16). The van der Waals surface area contributed by atoms with Crippen LogP contribution in [0.25, 0.3) is 11.0 Å². The molecule has 19 heavy (non-hydrogen) atoms. The van der Waals surface area contributed by atoms with Crippen molar-refractivity contribution in [3.63, 3.8) is 0 Å². The van der Waals surface area contributed by atoms with E-state index in [0.29, 0.717) is 19.8 Å². The summed E-state index contributed by atoms with van der Waals surface area (Å²) in [6.07, 6.45) is 0. The quantitative estimate of drug-likeness (QED) is 0.726. The predicted molar refractivity (Wildman–Crippen MR) is 70.6 cm³/mol. The summed E-state index contributed by atoms with van der Waals surface area (Å²) in [6.45, 7) is 1.29. The number of amides is 1. The summed E-state index contributed by atoms with van der Waals surface area (Å²) < 4.78 is 9.93. The Morgan fingerprint density at radius 1 is 1.37 bits per heavy atom. The molecule has 0 saturated heterocycles. The fourth-order valence-corrected chi connectivity index (χ4v) is 1.63. The number of benzene rings is 1. The maximum Gasteiger partial charge on any atom is 0.246 e. The van der Waals surface area contributed by atoms with Gasteiger partial charge < -0.3 is 19.8 Å². The van der Waals surface area contributed by atoms with E-state index < -0.39 is 0 Å². The SMILES string of the molecule is COCCOCC(=O)NCc1nc2ccccc2[nH]1. The van der Waals surface area contributed by atoms with Crippen molar-refractivity contribution < 1.29 is 14.3 Å². The lowest BCUT2D eigenvalue weighted by molar-refractivity contribution is -0.126. The number of para-hydroxylation sites is 2. The highest BCUT2D eigenvalue weighted by Gasteiger charge is 2.04. The lowest BCUT2D eigenvalue weighted by atomic mass is 10.3. The van der Waals surface area contributed by atoms with Gasteiger partial charge in [0.15, 0.2) is 0 Å². The Morgan fingerprint density at radius 2 is 2.21 bits per heavy atom. The maximum absolute atomic E-state index is 11.5. The van der Waals surface area contributed by atoms with Gasteiger partial charge in [0.05, 0.1) is 30.8 Å². The largest absolute Gasteiger partial charge is 0.382 e. The minimum Gasteiger partial charge on any atom is -0.382 e. The van der Waals surface area contributed by atoms with Crippen LogP contribution < -0.4 is 5.32 Å². The van der Waals surface area contributed by atoms with Crippen molar-refractivity contribution in [2.45, 2.75) is 6.54 Å². The molecule has 0 bridgehead atoms. The highest BCUT2D eigenvalue weighted by molar-refractivity contribution is 5.77. The van der Waals surface area contributed by atoms with Crippen LogP contribution >= 0.6 is 0 Å². The zero-order valence-corrected chi connectivity index (χ0v) is 10.8. The number of ether oxygens (including phenoxy) is 2. The molecular formula is C13H17N3O3. The number of nitrogens with zero attached hydrogens (tertiary/aromatic N) is 1. The molecule has 102 valence electrons. The van der Waals surface area contributed by atoms with Crippen molar-refractivity contribution in [1.82, 2.24) is 15.3 Å². The molecule has 0 spiro atoms. The van der Waals surface area contributed by atoms with Gasteiger partial charge in [0, 0.05) is 7.11 Å². The summed E-state index contributed by atoms with van der Waals surface area (Å²) in [5.74, 6) is 0.558. The van der Waals surface area contributed by atoms with Gasteiger partial charge in [0.1, 0.15) is 12.4 Å². The molecule has 0 radical (unpaired) electrons. The van der Waals surface area contributed by atoms with Gasteiger partial charge in [0.2, 0.25) is 5.91 Å². The molecule has 0 unspecified atom stereocenters. The first-order valence-electron chi connectivity index (χ1n) is 6.06. The summed E-state index contributed by atoms with van der Waals surface area (Å²) >= 11 is 0. The van der Waals surface area contributed by atoms with E-state index >= 15 is 0 Å². The summed E-state index contributed by atoms with van der Waals surface area (Å²) in [6, 6.07) is 7.73. The molecule has 0 atom stereocenters. The van der Waals surface area contributed by atoms with Crippen molar-refractivity contribution in [3.8, 4) is 0 Å². The maximum atomic E-state index is 11.5. The van der Waals surface area contributed by atoms with E-state index in [9.17, 15) is 4.79 Å². The zero-order valence-electron chi connectivity index (χ0n) is 10.8. The molecule has 0 aliphatic rings. The minimum absolute atomic E-state index is 0.0313. The number of aromatic nitrogens is 2. The number of methoxy groups -OCH3 is 1. The van der Waals surface area contributed by atoms with E-state index in [2.05, 4.69) is 15.3 Å². The Labute approximate surface area is 111 Å². The molecule has 0 aliphatic carbocycles. The van der Waals surface area contributed by atoms with Gasteiger partial charge in [-0.3, -0.25) is 4.79 Å². The second-order valence-corrected chi connectivity index (χ2v) is 4.02. The average molecular weight is 263 g/mol. The van der Waals surface area contributed by atoms with Crippen LogP contribution in [-0.4, -0.2) is 42.8 Å². The van der Waals surface area contributed by atoms with Crippen LogP contribution in [0, 0.1) is 0 Å². The van der Waals surface area contributed by atoms with Crippen LogP contribution in [0.15, 0.2) is 24.3 Å². The fraction of sp³-hybridized carbons (Fsp3) is 0.385. The first-order valence-corrected chi connectivity index (χ1v) is 6.06. The summed E-state index contributed by atoms with van der Waals surface area (Å²) in [5.41, 5.74) is 1.85. The van der Waals surface area contributed by atoms with Gasteiger partial charge in [-0.1, -0.05) is 12.1 Å². The third-order valence-electron chi connectivity index (χ3n) is 2.56. The van der Waals surface area contributed by atoms with E-state index in [4.69, 9.17) is 9.47 Å². The Hall–Kier alpha value is -1.92. The normalized spacial score (nSPS) is 10.8. The first-order chi connectivity index (χ1) is 9.29. The first kappa shape index (κ1) is 13.5. The molecule has 1 heterocycles. The number of nitrogens with one attached hydrogen (secondary N) is 2. The number of hydrogen-bond donors (Lipinski definition) is 2. The summed E-state index contributed by atoms with van der Waals surface area (Å²) in [5, 5.41) is 2.74. The van der Waals surface area contributed by atoms with Crippen LogP contribution in [0.5, 0.6) is 0 Å². The van der Waals surface area contributed by atoms with Crippen LogP contribution in [0.4, 0.5) is 0 Å². The third kappa shape index (κ3) is 4.04. The zero-order chi connectivity index (χ0) is 13.5. The molecule has 2 N–H and O–H groups in total. The second-order valence-electron chi connectivity index (χ2n) is 4.02. The predicted octanol–water partition coefficient (Wildman–Crippen LogP) is 0.842. The number of hydrogen-bond acceptors (Lipinski definition) is 4. The highest BCUT2D eigenvalue weighted by Crippen LogP contribution is 2.09. The van der Waals surface area contributed by atoms with Crippen LogP contribution in [0.2, 0.25) is 0 Å². The van der Waals surface area contributed by atoms with Gasteiger partial charge >= 0.3 is 0 Å². The lowest BCUT2D eigenvalue weighted by Crippen LogP contribution is -2.28. The molecule has 2 aromatic rings. The van der Waals surface area contributed by atoms with Crippen LogP contribution in [0.1, 0.15) is 5.82 Å². The monoisotopic (exact) mass is 263 g/mol. The Bertz CT molecular complexity index is 506. The number of imidazole rings is 1. The number of H-pyrrole nitrogens is 1. The molecule has 1 aromatic carbocycles. The number of rotatable bonds is 7. The third-order valence-corrected chi connectivity index (χ3v) is 2.56. The van der Waals surface area contributed by atoms with Gasteiger partial charge in [0.25, 0.3) is 0 Å². The number of aromatic amines is 1. The molecule has 1 amide bonds. The molecule has 0 aliphatic heterocycles.